The number of nitrogens with zero attached hydrogens (tertiary/aromatic N) is 1. The molecule has 0 atom stereocenters. The summed E-state index contributed by atoms with van der Waals surface area (Å²) >= 11 is 1.28. The quantitative estimate of drug-likeness (QED) is 0.938. The molecule has 1 aromatic heterocycles. The van der Waals surface area contributed by atoms with Gasteiger partial charge in [0, 0.05) is 11.3 Å². The molecule has 0 aliphatic heterocycles. The highest BCUT2D eigenvalue weighted by molar-refractivity contribution is 7.11. The van der Waals surface area contributed by atoms with Gasteiger partial charge in [0.1, 0.15) is 0 Å². The standard InChI is InChI=1S/C13H11F2NO2S/c1-7-11(6-13(17)18)19-12(16-7)5-8-2-3-9(14)10(15)4-8/h2-4H,5-6H2,1H3,(H,17,18). The molecule has 3 nitrogen and oxygen atoms in total. The molecule has 0 aliphatic rings. The van der Waals surface area contributed by atoms with Gasteiger partial charge in [-0.05, 0) is 24.6 Å². The van der Waals surface area contributed by atoms with E-state index in [0.29, 0.717) is 27.6 Å². The van der Waals surface area contributed by atoms with Crippen molar-refractivity contribution in [2.75, 3.05) is 0 Å². The molecule has 19 heavy (non-hydrogen) atoms. The predicted molar refractivity (Wildman–Crippen MR) is 67.4 cm³/mol. The lowest BCUT2D eigenvalue weighted by atomic mass is 10.1. The van der Waals surface area contributed by atoms with Crippen LogP contribution < -0.4 is 0 Å². The monoisotopic (exact) mass is 283 g/mol. The van der Waals surface area contributed by atoms with Gasteiger partial charge in [-0.3, -0.25) is 4.79 Å². The van der Waals surface area contributed by atoms with Crippen molar-refractivity contribution in [1.82, 2.24) is 4.98 Å². The zero-order chi connectivity index (χ0) is 14.0. The fourth-order valence-electron chi connectivity index (χ4n) is 1.69. The summed E-state index contributed by atoms with van der Waals surface area (Å²) < 4.78 is 25.9. The molecule has 0 bridgehead atoms. The summed E-state index contributed by atoms with van der Waals surface area (Å²) in [6.45, 7) is 1.74. The first kappa shape index (κ1) is 13.6. The Morgan fingerprint density at radius 1 is 1.37 bits per heavy atom. The lowest BCUT2D eigenvalue weighted by Gasteiger charge is -1.99. The minimum atomic E-state index is -0.911. The third-order valence-corrected chi connectivity index (χ3v) is 3.75. The van der Waals surface area contributed by atoms with Gasteiger partial charge in [0.15, 0.2) is 11.6 Å². The van der Waals surface area contributed by atoms with Crippen molar-refractivity contribution in [2.24, 2.45) is 0 Å². The fourth-order valence-corrected chi connectivity index (χ4v) is 2.78. The summed E-state index contributed by atoms with van der Waals surface area (Å²) in [6, 6.07) is 3.69. The van der Waals surface area contributed by atoms with Gasteiger partial charge in [0.2, 0.25) is 0 Å². The van der Waals surface area contributed by atoms with Gasteiger partial charge in [-0.15, -0.1) is 11.3 Å². The summed E-state index contributed by atoms with van der Waals surface area (Å²) in [6.07, 6.45) is 0.295. The van der Waals surface area contributed by atoms with Crippen molar-refractivity contribution in [1.29, 1.82) is 0 Å². The van der Waals surface area contributed by atoms with Gasteiger partial charge < -0.3 is 5.11 Å². The van der Waals surface area contributed by atoms with Crippen molar-refractivity contribution < 1.29 is 18.7 Å². The van der Waals surface area contributed by atoms with Gasteiger partial charge in [-0.1, -0.05) is 6.07 Å². The molecule has 1 aromatic carbocycles. The van der Waals surface area contributed by atoms with Crippen LogP contribution in [0.4, 0.5) is 8.78 Å². The number of aryl methyl sites for hydroxylation is 1. The number of hydrogen-bond donors (Lipinski definition) is 1. The van der Waals surface area contributed by atoms with Crippen LogP contribution in [0.3, 0.4) is 0 Å². The van der Waals surface area contributed by atoms with E-state index >= 15 is 0 Å². The molecule has 6 heteroatoms. The lowest BCUT2D eigenvalue weighted by molar-refractivity contribution is -0.136. The van der Waals surface area contributed by atoms with E-state index in [1.165, 1.54) is 17.4 Å². The smallest absolute Gasteiger partial charge is 0.308 e. The largest absolute Gasteiger partial charge is 0.481 e. The van der Waals surface area contributed by atoms with Crippen LogP contribution in [0.2, 0.25) is 0 Å². The molecule has 1 heterocycles. The minimum absolute atomic E-state index is 0.0682. The zero-order valence-corrected chi connectivity index (χ0v) is 10.9. The van der Waals surface area contributed by atoms with E-state index in [4.69, 9.17) is 5.11 Å². The lowest BCUT2D eigenvalue weighted by Crippen LogP contribution is -1.99. The number of carboxylic acid groups (broad SMARTS) is 1. The molecule has 0 aliphatic carbocycles. The number of thiazole rings is 1. The Bertz CT molecular complexity index is 625. The molecule has 0 saturated heterocycles. The first-order valence-electron chi connectivity index (χ1n) is 5.56. The topological polar surface area (TPSA) is 50.2 Å². The van der Waals surface area contributed by atoms with Crippen LogP contribution in [0.25, 0.3) is 0 Å². The number of aliphatic carboxylic acids is 1. The van der Waals surface area contributed by atoms with Crippen molar-refractivity contribution in [3.8, 4) is 0 Å². The molecular weight excluding hydrogens is 272 g/mol. The Kier molecular flexibility index (Phi) is 3.90. The van der Waals surface area contributed by atoms with Crippen LogP contribution in [0.1, 0.15) is 21.1 Å². The molecular formula is C13H11F2NO2S. The highest BCUT2D eigenvalue weighted by atomic mass is 32.1. The van der Waals surface area contributed by atoms with E-state index in [1.807, 2.05) is 0 Å². The molecule has 0 unspecified atom stereocenters. The third-order valence-electron chi connectivity index (χ3n) is 2.59. The first-order valence-corrected chi connectivity index (χ1v) is 6.38. The van der Waals surface area contributed by atoms with Crippen LogP contribution in [0.5, 0.6) is 0 Å². The summed E-state index contributed by atoms with van der Waals surface area (Å²) in [5, 5.41) is 9.44. The molecule has 1 N–H and O–H groups in total. The highest BCUT2D eigenvalue weighted by Crippen LogP contribution is 2.22. The molecule has 2 aromatic rings. The molecule has 0 fully saturated rings. The number of halogens is 2. The second-order valence-corrected chi connectivity index (χ2v) is 5.28. The third kappa shape index (κ3) is 3.35. The second kappa shape index (κ2) is 5.44. The van der Waals surface area contributed by atoms with Gasteiger partial charge in [-0.25, -0.2) is 13.8 Å². The summed E-state index contributed by atoms with van der Waals surface area (Å²) in [7, 11) is 0. The highest BCUT2D eigenvalue weighted by Gasteiger charge is 2.12. The maximum atomic E-state index is 13.1. The van der Waals surface area contributed by atoms with Crippen LogP contribution in [-0.4, -0.2) is 16.1 Å². The SMILES string of the molecule is Cc1nc(Cc2ccc(F)c(F)c2)sc1CC(=O)O. The number of aromatic nitrogens is 1. The van der Waals surface area contributed by atoms with E-state index in [-0.39, 0.29) is 6.42 Å². The Labute approximate surface area is 112 Å². The van der Waals surface area contributed by atoms with Gasteiger partial charge >= 0.3 is 5.97 Å². The molecule has 2 rings (SSSR count). The Morgan fingerprint density at radius 2 is 2.11 bits per heavy atom. The summed E-state index contributed by atoms with van der Waals surface area (Å²) in [5.41, 5.74) is 1.28. The van der Waals surface area contributed by atoms with Crippen molar-refractivity contribution in [2.45, 2.75) is 19.8 Å². The number of rotatable bonds is 4. The number of carboxylic acids is 1. The molecule has 0 amide bonds. The van der Waals surface area contributed by atoms with Gasteiger partial charge in [0.05, 0.1) is 17.1 Å². The maximum absolute atomic E-state index is 13.1. The summed E-state index contributed by atoms with van der Waals surface area (Å²) in [4.78, 5) is 15.6. The maximum Gasteiger partial charge on any atom is 0.308 e. The van der Waals surface area contributed by atoms with Crippen LogP contribution in [0, 0.1) is 18.6 Å². The first-order chi connectivity index (χ1) is 8.95. The Morgan fingerprint density at radius 3 is 2.74 bits per heavy atom. The predicted octanol–water partition coefficient (Wildman–Crippen LogP) is 2.95. The molecule has 0 radical (unpaired) electrons. The normalized spacial score (nSPS) is 10.7. The van der Waals surface area contributed by atoms with Gasteiger partial charge in [-0.2, -0.15) is 0 Å². The number of carbonyl (C=O) groups is 1. The van der Waals surface area contributed by atoms with E-state index < -0.39 is 17.6 Å². The summed E-state index contributed by atoms with van der Waals surface area (Å²) in [5.74, 6) is -2.69. The van der Waals surface area contributed by atoms with E-state index in [0.717, 1.165) is 12.1 Å². The zero-order valence-electron chi connectivity index (χ0n) is 10.1. The van der Waals surface area contributed by atoms with E-state index in [2.05, 4.69) is 4.98 Å². The molecule has 0 spiro atoms. The van der Waals surface area contributed by atoms with Crippen LogP contribution >= 0.6 is 11.3 Å². The Balaban J connectivity index is 2.19. The van der Waals surface area contributed by atoms with Crippen molar-refractivity contribution in [3.05, 3.63) is 51.0 Å². The van der Waals surface area contributed by atoms with Crippen molar-refractivity contribution >= 4 is 17.3 Å². The fraction of sp³-hybridized carbons (Fsp3) is 0.231. The molecule has 100 valence electrons. The molecule has 0 saturated carbocycles. The van der Waals surface area contributed by atoms with Crippen LogP contribution in [-0.2, 0) is 17.6 Å². The average molecular weight is 283 g/mol. The van der Waals surface area contributed by atoms with Crippen molar-refractivity contribution in [3.63, 3.8) is 0 Å². The number of hydrogen-bond acceptors (Lipinski definition) is 3. The Hall–Kier alpha value is -1.82. The van der Waals surface area contributed by atoms with E-state index in [1.54, 1.807) is 6.92 Å². The average Bonchev–Trinajstić information content (AvgIpc) is 2.64. The van der Waals surface area contributed by atoms with E-state index in [9.17, 15) is 13.6 Å². The van der Waals surface area contributed by atoms with Crippen LogP contribution in [0.15, 0.2) is 18.2 Å². The minimum Gasteiger partial charge on any atom is -0.481 e. The van der Waals surface area contributed by atoms with Gasteiger partial charge in [0.25, 0.3) is 0 Å². The second-order valence-electron chi connectivity index (χ2n) is 4.11. The number of benzene rings is 1.